The van der Waals surface area contributed by atoms with Crippen LogP contribution in [0.5, 0.6) is 0 Å². The van der Waals surface area contributed by atoms with Crippen LogP contribution in [0.2, 0.25) is 0 Å². The lowest BCUT2D eigenvalue weighted by atomic mass is 10.1. The van der Waals surface area contributed by atoms with Gasteiger partial charge in [-0.1, -0.05) is 0 Å². The zero-order valence-corrected chi connectivity index (χ0v) is 13.3. The summed E-state index contributed by atoms with van der Waals surface area (Å²) in [5, 5.41) is 3.09. The Bertz CT molecular complexity index is 883. The van der Waals surface area contributed by atoms with Gasteiger partial charge >= 0.3 is 0 Å². The van der Waals surface area contributed by atoms with E-state index in [0.717, 1.165) is 56.1 Å². The highest BCUT2D eigenvalue weighted by molar-refractivity contribution is 5.99. The topological polar surface area (TPSA) is 63.6 Å². The Balaban J connectivity index is 2.56. The number of anilines is 1. The molecule has 0 saturated carbocycles. The van der Waals surface area contributed by atoms with Crippen LogP contribution in [0.15, 0.2) is 0 Å². The predicted octanol–water partition coefficient (Wildman–Crippen LogP) is 3.16. The molecule has 0 spiro atoms. The van der Waals surface area contributed by atoms with E-state index in [0.29, 0.717) is 0 Å². The van der Waals surface area contributed by atoms with E-state index in [1.165, 1.54) is 0 Å². The minimum Gasteiger partial charge on any atom is -0.372 e. The van der Waals surface area contributed by atoms with Gasteiger partial charge < -0.3 is 5.32 Å². The van der Waals surface area contributed by atoms with E-state index in [9.17, 15) is 0 Å². The van der Waals surface area contributed by atoms with Crippen molar-refractivity contribution in [1.29, 1.82) is 0 Å². The van der Waals surface area contributed by atoms with Gasteiger partial charge in [-0.3, -0.25) is 0 Å². The SMILES string of the molecule is CNc1nc2c(C)c3nc(C)c(C)nc3c(C)c2nc1C. The summed E-state index contributed by atoms with van der Waals surface area (Å²) in [6.45, 7) is 10.0. The van der Waals surface area contributed by atoms with Gasteiger partial charge in [-0.2, -0.15) is 0 Å². The quantitative estimate of drug-likeness (QED) is 0.694. The molecule has 0 saturated heterocycles. The monoisotopic (exact) mass is 281 g/mol. The fourth-order valence-electron chi connectivity index (χ4n) is 2.63. The Morgan fingerprint density at radius 2 is 0.952 bits per heavy atom. The van der Waals surface area contributed by atoms with Crippen LogP contribution in [-0.4, -0.2) is 27.0 Å². The number of fused-ring (bicyclic) bond motifs is 2. The van der Waals surface area contributed by atoms with Crippen LogP contribution in [0.1, 0.15) is 28.2 Å². The fourth-order valence-corrected chi connectivity index (χ4v) is 2.63. The molecule has 0 aliphatic heterocycles. The third-order valence-corrected chi connectivity index (χ3v) is 4.03. The summed E-state index contributed by atoms with van der Waals surface area (Å²) in [6, 6.07) is 0. The highest BCUT2D eigenvalue weighted by Gasteiger charge is 2.16. The summed E-state index contributed by atoms with van der Waals surface area (Å²) in [6.07, 6.45) is 0. The van der Waals surface area contributed by atoms with Gasteiger partial charge in [-0.25, -0.2) is 19.9 Å². The molecule has 0 amide bonds. The standard InChI is InChI=1S/C16H19N5/c1-7-12-13(19-10(4)9(3)18-12)8(2)15-14(7)20-11(5)16(17-6)21-15/h1-6H3,(H,17,21). The first-order valence-corrected chi connectivity index (χ1v) is 7.04. The van der Waals surface area contributed by atoms with Gasteiger partial charge in [0, 0.05) is 18.2 Å². The molecule has 0 unspecified atom stereocenters. The Morgan fingerprint density at radius 1 is 0.571 bits per heavy atom. The zero-order chi connectivity index (χ0) is 15.3. The van der Waals surface area contributed by atoms with Crippen molar-refractivity contribution in [3.63, 3.8) is 0 Å². The van der Waals surface area contributed by atoms with Crippen molar-refractivity contribution in [2.75, 3.05) is 12.4 Å². The minimum atomic E-state index is 0.807. The molecule has 0 aliphatic carbocycles. The third-order valence-electron chi connectivity index (χ3n) is 4.03. The summed E-state index contributed by atoms with van der Waals surface area (Å²) in [5.41, 5.74) is 8.53. The molecule has 0 bridgehead atoms. The summed E-state index contributed by atoms with van der Waals surface area (Å²) in [4.78, 5) is 18.9. The first-order valence-electron chi connectivity index (χ1n) is 7.04. The third kappa shape index (κ3) is 1.92. The molecule has 5 nitrogen and oxygen atoms in total. The number of hydrogen-bond donors (Lipinski definition) is 1. The average molecular weight is 281 g/mol. The van der Waals surface area contributed by atoms with E-state index in [2.05, 4.69) is 5.32 Å². The summed E-state index contributed by atoms with van der Waals surface area (Å²) < 4.78 is 0. The molecular formula is C16H19N5. The van der Waals surface area contributed by atoms with Crippen molar-refractivity contribution < 1.29 is 0 Å². The minimum absolute atomic E-state index is 0.807. The molecule has 0 aliphatic rings. The van der Waals surface area contributed by atoms with Gasteiger partial charge in [0.1, 0.15) is 5.82 Å². The molecule has 2 aromatic heterocycles. The van der Waals surface area contributed by atoms with E-state index in [4.69, 9.17) is 19.9 Å². The van der Waals surface area contributed by atoms with Crippen LogP contribution in [0, 0.1) is 34.6 Å². The van der Waals surface area contributed by atoms with Gasteiger partial charge in [0.05, 0.1) is 39.1 Å². The number of hydrogen-bond acceptors (Lipinski definition) is 5. The van der Waals surface area contributed by atoms with Crippen molar-refractivity contribution in [3.8, 4) is 0 Å². The van der Waals surface area contributed by atoms with Gasteiger partial charge in [0.25, 0.3) is 0 Å². The van der Waals surface area contributed by atoms with Crippen LogP contribution in [-0.2, 0) is 0 Å². The normalized spacial score (nSPS) is 11.3. The molecule has 1 aromatic carbocycles. The zero-order valence-electron chi connectivity index (χ0n) is 13.3. The molecule has 0 atom stereocenters. The smallest absolute Gasteiger partial charge is 0.147 e. The van der Waals surface area contributed by atoms with Gasteiger partial charge in [0.2, 0.25) is 0 Å². The Kier molecular flexibility index (Phi) is 3.01. The lowest BCUT2D eigenvalue weighted by Gasteiger charge is -2.13. The molecular weight excluding hydrogens is 262 g/mol. The molecule has 21 heavy (non-hydrogen) atoms. The first kappa shape index (κ1) is 13.7. The molecule has 0 radical (unpaired) electrons. The Hall–Kier alpha value is -2.30. The van der Waals surface area contributed by atoms with Crippen LogP contribution in [0.3, 0.4) is 0 Å². The number of benzene rings is 1. The fraction of sp³-hybridized carbons (Fsp3) is 0.375. The van der Waals surface area contributed by atoms with E-state index in [-0.39, 0.29) is 0 Å². The number of nitrogens with zero attached hydrogens (tertiary/aromatic N) is 4. The molecule has 2 heterocycles. The number of aromatic nitrogens is 4. The summed E-state index contributed by atoms with van der Waals surface area (Å²) in [7, 11) is 1.86. The predicted molar refractivity (Wildman–Crippen MR) is 85.9 cm³/mol. The molecule has 3 aromatic rings. The van der Waals surface area contributed by atoms with E-state index in [1.54, 1.807) is 0 Å². The van der Waals surface area contributed by atoms with E-state index >= 15 is 0 Å². The van der Waals surface area contributed by atoms with E-state index < -0.39 is 0 Å². The van der Waals surface area contributed by atoms with Crippen molar-refractivity contribution in [2.45, 2.75) is 34.6 Å². The molecule has 5 heteroatoms. The maximum atomic E-state index is 4.72. The number of nitrogens with one attached hydrogen (secondary N) is 1. The lowest BCUT2D eigenvalue weighted by Crippen LogP contribution is -2.04. The van der Waals surface area contributed by atoms with Crippen molar-refractivity contribution in [3.05, 3.63) is 28.2 Å². The van der Waals surface area contributed by atoms with Gasteiger partial charge in [-0.05, 0) is 34.6 Å². The maximum Gasteiger partial charge on any atom is 0.147 e. The van der Waals surface area contributed by atoms with E-state index in [1.807, 2.05) is 41.7 Å². The Morgan fingerprint density at radius 3 is 1.38 bits per heavy atom. The Labute approximate surface area is 123 Å². The second-order valence-electron chi connectivity index (χ2n) is 5.45. The number of rotatable bonds is 1. The highest BCUT2D eigenvalue weighted by Crippen LogP contribution is 2.29. The first-order chi connectivity index (χ1) is 9.93. The van der Waals surface area contributed by atoms with Gasteiger partial charge in [-0.15, -0.1) is 0 Å². The summed E-state index contributed by atoms with van der Waals surface area (Å²) >= 11 is 0. The molecule has 0 fully saturated rings. The highest BCUT2D eigenvalue weighted by atomic mass is 15.0. The lowest BCUT2D eigenvalue weighted by molar-refractivity contribution is 1.09. The van der Waals surface area contributed by atoms with Crippen LogP contribution < -0.4 is 5.32 Å². The van der Waals surface area contributed by atoms with Crippen LogP contribution >= 0.6 is 0 Å². The van der Waals surface area contributed by atoms with Crippen molar-refractivity contribution >= 4 is 27.9 Å². The van der Waals surface area contributed by atoms with Crippen molar-refractivity contribution in [1.82, 2.24) is 19.9 Å². The maximum absolute atomic E-state index is 4.72. The second kappa shape index (κ2) is 4.62. The molecule has 1 N–H and O–H groups in total. The summed E-state index contributed by atoms with van der Waals surface area (Å²) in [5.74, 6) is 0.807. The number of aryl methyl sites for hydroxylation is 5. The van der Waals surface area contributed by atoms with Crippen LogP contribution in [0.25, 0.3) is 22.1 Å². The van der Waals surface area contributed by atoms with Gasteiger partial charge in [0.15, 0.2) is 0 Å². The molecule has 3 rings (SSSR count). The van der Waals surface area contributed by atoms with Crippen molar-refractivity contribution in [2.24, 2.45) is 0 Å². The molecule has 108 valence electrons. The van der Waals surface area contributed by atoms with Crippen LogP contribution in [0.4, 0.5) is 5.82 Å². The average Bonchev–Trinajstić information content (AvgIpc) is 2.46. The second-order valence-corrected chi connectivity index (χ2v) is 5.45. The largest absolute Gasteiger partial charge is 0.372 e.